The van der Waals surface area contributed by atoms with E-state index in [9.17, 15) is 8.42 Å². The highest BCUT2D eigenvalue weighted by Gasteiger charge is 2.27. The number of aromatic nitrogens is 1. The summed E-state index contributed by atoms with van der Waals surface area (Å²) in [4.78, 5) is 4.34. The Labute approximate surface area is 131 Å². The Morgan fingerprint density at radius 1 is 1.23 bits per heavy atom. The molecular weight excluding hydrogens is 296 g/mol. The van der Waals surface area contributed by atoms with Crippen LogP contribution in [0.5, 0.6) is 0 Å². The van der Waals surface area contributed by atoms with Crippen molar-refractivity contribution >= 4 is 20.9 Å². The molecule has 1 saturated heterocycles. The van der Waals surface area contributed by atoms with Gasteiger partial charge in [-0.15, -0.1) is 6.58 Å². The van der Waals surface area contributed by atoms with Crippen molar-refractivity contribution in [3.05, 3.63) is 54.7 Å². The maximum Gasteiger partial charge on any atom is 0.218 e. The Balaban J connectivity index is 1.83. The Hall–Kier alpha value is -1.72. The number of fused-ring (bicyclic) bond motifs is 1. The molecule has 3 rings (SSSR count). The van der Waals surface area contributed by atoms with Crippen molar-refractivity contribution in [1.82, 2.24) is 9.29 Å². The van der Waals surface area contributed by atoms with Crippen molar-refractivity contribution in [2.75, 3.05) is 13.1 Å². The molecule has 1 aliphatic rings. The third-order valence-electron chi connectivity index (χ3n) is 4.28. The molecule has 0 saturated carbocycles. The van der Waals surface area contributed by atoms with Gasteiger partial charge in [-0.05, 0) is 30.4 Å². The van der Waals surface area contributed by atoms with E-state index in [0.29, 0.717) is 19.0 Å². The third-order valence-corrected chi connectivity index (χ3v) is 6.11. The zero-order chi connectivity index (χ0) is 15.6. The molecule has 0 aliphatic carbocycles. The second-order valence-electron chi connectivity index (χ2n) is 5.72. The Morgan fingerprint density at radius 3 is 2.68 bits per heavy atom. The summed E-state index contributed by atoms with van der Waals surface area (Å²) >= 11 is 0. The van der Waals surface area contributed by atoms with Gasteiger partial charge in [-0.25, -0.2) is 12.7 Å². The van der Waals surface area contributed by atoms with Crippen molar-refractivity contribution in [3.8, 4) is 0 Å². The van der Waals surface area contributed by atoms with Gasteiger partial charge in [0.2, 0.25) is 10.0 Å². The van der Waals surface area contributed by atoms with Gasteiger partial charge < -0.3 is 0 Å². The molecule has 1 aromatic carbocycles. The SMILES string of the molecule is C=CC1CCN(S(=O)(=O)Cc2cccc3cccnc23)CC1. The molecule has 0 amide bonds. The van der Waals surface area contributed by atoms with Crippen LogP contribution in [0.1, 0.15) is 18.4 Å². The summed E-state index contributed by atoms with van der Waals surface area (Å²) in [5.74, 6) is 0.450. The second-order valence-corrected chi connectivity index (χ2v) is 7.69. The highest BCUT2D eigenvalue weighted by atomic mass is 32.2. The Bertz CT molecular complexity index is 773. The van der Waals surface area contributed by atoms with Crippen molar-refractivity contribution < 1.29 is 8.42 Å². The molecule has 0 radical (unpaired) electrons. The molecule has 0 spiro atoms. The molecular formula is C17H20N2O2S. The van der Waals surface area contributed by atoms with Crippen LogP contribution in [-0.4, -0.2) is 30.8 Å². The zero-order valence-electron chi connectivity index (χ0n) is 12.5. The monoisotopic (exact) mass is 316 g/mol. The molecule has 4 nitrogen and oxygen atoms in total. The normalized spacial score (nSPS) is 17.6. The lowest BCUT2D eigenvalue weighted by molar-refractivity contribution is 0.306. The summed E-state index contributed by atoms with van der Waals surface area (Å²) in [6.07, 6.45) is 5.35. The minimum atomic E-state index is -3.30. The number of sulfonamides is 1. The van der Waals surface area contributed by atoms with Crippen LogP contribution < -0.4 is 0 Å². The zero-order valence-corrected chi connectivity index (χ0v) is 13.3. The second kappa shape index (κ2) is 6.18. The first-order valence-electron chi connectivity index (χ1n) is 7.53. The molecule has 22 heavy (non-hydrogen) atoms. The van der Waals surface area contributed by atoms with Gasteiger partial charge in [-0.2, -0.15) is 0 Å². The van der Waals surface area contributed by atoms with Gasteiger partial charge in [-0.3, -0.25) is 4.98 Å². The van der Waals surface area contributed by atoms with Crippen molar-refractivity contribution in [2.24, 2.45) is 5.92 Å². The standard InChI is InChI=1S/C17H20N2O2S/c1-2-14-8-11-19(12-9-14)22(20,21)13-16-6-3-5-15-7-4-10-18-17(15)16/h2-7,10,14H,1,8-9,11-13H2. The quantitative estimate of drug-likeness (QED) is 0.815. The average Bonchev–Trinajstić information content (AvgIpc) is 2.55. The first-order valence-corrected chi connectivity index (χ1v) is 9.14. The molecule has 0 N–H and O–H groups in total. The number of para-hydroxylation sites is 1. The highest BCUT2D eigenvalue weighted by molar-refractivity contribution is 7.88. The molecule has 1 fully saturated rings. The number of piperidine rings is 1. The fraction of sp³-hybridized carbons (Fsp3) is 0.353. The maximum absolute atomic E-state index is 12.7. The number of pyridine rings is 1. The predicted octanol–water partition coefficient (Wildman–Crippen LogP) is 2.96. The van der Waals surface area contributed by atoms with E-state index in [-0.39, 0.29) is 5.75 Å². The van der Waals surface area contributed by atoms with Gasteiger partial charge in [-0.1, -0.05) is 30.3 Å². The van der Waals surface area contributed by atoms with Crippen LogP contribution >= 0.6 is 0 Å². The first-order chi connectivity index (χ1) is 10.6. The van der Waals surface area contributed by atoms with Crippen molar-refractivity contribution in [2.45, 2.75) is 18.6 Å². The minimum absolute atomic E-state index is 0.0140. The molecule has 0 atom stereocenters. The van der Waals surface area contributed by atoms with Crippen LogP contribution in [0.3, 0.4) is 0 Å². The van der Waals surface area contributed by atoms with E-state index in [4.69, 9.17) is 0 Å². The minimum Gasteiger partial charge on any atom is -0.256 e. The Kier molecular flexibility index (Phi) is 4.27. The van der Waals surface area contributed by atoms with E-state index in [1.165, 1.54) is 0 Å². The van der Waals surface area contributed by atoms with E-state index in [2.05, 4.69) is 11.6 Å². The number of nitrogens with zero attached hydrogens (tertiary/aromatic N) is 2. The van der Waals surface area contributed by atoms with Gasteiger partial charge in [0.05, 0.1) is 11.3 Å². The summed E-state index contributed by atoms with van der Waals surface area (Å²) in [7, 11) is -3.30. The summed E-state index contributed by atoms with van der Waals surface area (Å²) in [6, 6.07) is 9.50. The lowest BCUT2D eigenvalue weighted by atomic mass is 9.99. The molecule has 0 bridgehead atoms. The lowest BCUT2D eigenvalue weighted by Crippen LogP contribution is -2.38. The van der Waals surface area contributed by atoms with Gasteiger partial charge in [0.15, 0.2) is 0 Å². The molecule has 2 aromatic rings. The third kappa shape index (κ3) is 3.05. The predicted molar refractivity (Wildman–Crippen MR) is 88.9 cm³/mol. The van der Waals surface area contributed by atoms with Crippen LogP contribution in [0.25, 0.3) is 10.9 Å². The fourth-order valence-corrected chi connectivity index (χ4v) is 4.54. The van der Waals surface area contributed by atoms with Gasteiger partial charge >= 0.3 is 0 Å². The van der Waals surface area contributed by atoms with E-state index in [0.717, 1.165) is 29.3 Å². The van der Waals surface area contributed by atoms with Crippen molar-refractivity contribution in [3.63, 3.8) is 0 Å². The van der Waals surface area contributed by atoms with E-state index < -0.39 is 10.0 Å². The number of hydrogen-bond acceptors (Lipinski definition) is 3. The maximum atomic E-state index is 12.7. The van der Waals surface area contributed by atoms with Crippen LogP contribution in [0.4, 0.5) is 0 Å². The molecule has 116 valence electrons. The lowest BCUT2D eigenvalue weighted by Gasteiger charge is -2.29. The summed E-state index contributed by atoms with van der Waals surface area (Å²) in [6.45, 7) is 4.96. The van der Waals surface area contributed by atoms with Gasteiger partial charge in [0, 0.05) is 24.7 Å². The molecule has 0 unspecified atom stereocenters. The largest absolute Gasteiger partial charge is 0.256 e. The van der Waals surface area contributed by atoms with Crippen LogP contribution in [0.2, 0.25) is 0 Å². The topological polar surface area (TPSA) is 50.3 Å². The smallest absolute Gasteiger partial charge is 0.218 e. The van der Waals surface area contributed by atoms with Crippen LogP contribution in [0, 0.1) is 5.92 Å². The van der Waals surface area contributed by atoms with Crippen LogP contribution in [-0.2, 0) is 15.8 Å². The highest BCUT2D eigenvalue weighted by Crippen LogP contribution is 2.24. The van der Waals surface area contributed by atoms with E-state index in [1.54, 1.807) is 10.5 Å². The number of benzene rings is 1. The number of rotatable bonds is 4. The molecule has 2 heterocycles. The van der Waals surface area contributed by atoms with Crippen molar-refractivity contribution in [1.29, 1.82) is 0 Å². The van der Waals surface area contributed by atoms with E-state index in [1.807, 2.05) is 36.4 Å². The summed E-state index contributed by atoms with van der Waals surface area (Å²) in [5, 5.41) is 0.973. The van der Waals surface area contributed by atoms with Gasteiger partial charge in [0.25, 0.3) is 0 Å². The first kappa shape index (κ1) is 15.2. The molecule has 1 aliphatic heterocycles. The summed E-state index contributed by atoms with van der Waals surface area (Å²) in [5.41, 5.74) is 1.54. The van der Waals surface area contributed by atoms with Crippen LogP contribution in [0.15, 0.2) is 49.2 Å². The summed E-state index contributed by atoms with van der Waals surface area (Å²) < 4.78 is 26.9. The molecule has 1 aromatic heterocycles. The Morgan fingerprint density at radius 2 is 1.95 bits per heavy atom. The fourth-order valence-electron chi connectivity index (χ4n) is 2.96. The van der Waals surface area contributed by atoms with Gasteiger partial charge in [0.1, 0.15) is 0 Å². The average molecular weight is 316 g/mol. The number of allylic oxidation sites excluding steroid dienone is 1. The van der Waals surface area contributed by atoms with E-state index >= 15 is 0 Å². The number of hydrogen-bond donors (Lipinski definition) is 0. The molecule has 5 heteroatoms.